The van der Waals surface area contributed by atoms with Crippen molar-refractivity contribution < 1.29 is 14.4 Å². The van der Waals surface area contributed by atoms with Crippen LogP contribution in [0.1, 0.15) is 45.6 Å². The Hall–Kier alpha value is -2.59. The number of rotatable bonds is 3. The summed E-state index contributed by atoms with van der Waals surface area (Å²) in [7, 11) is 0. The molecule has 148 valence electrons. The fourth-order valence-electron chi connectivity index (χ4n) is 4.68. The van der Waals surface area contributed by atoms with E-state index >= 15 is 0 Å². The van der Waals surface area contributed by atoms with E-state index in [9.17, 15) is 14.4 Å². The van der Waals surface area contributed by atoms with E-state index in [1.807, 2.05) is 6.07 Å². The lowest BCUT2D eigenvalue weighted by atomic mass is 9.64. The van der Waals surface area contributed by atoms with Gasteiger partial charge in [-0.25, -0.2) is 4.79 Å². The van der Waals surface area contributed by atoms with Gasteiger partial charge in [-0.1, -0.05) is 32.4 Å². The van der Waals surface area contributed by atoms with E-state index in [0.717, 1.165) is 11.3 Å². The first-order chi connectivity index (χ1) is 13.0. The third-order valence-corrected chi connectivity index (χ3v) is 5.61. The predicted molar refractivity (Wildman–Crippen MR) is 105 cm³/mol. The minimum Gasteiger partial charge on any atom is -0.324 e. The van der Waals surface area contributed by atoms with E-state index in [0.29, 0.717) is 30.0 Å². The number of anilines is 1. The molecule has 28 heavy (non-hydrogen) atoms. The Morgan fingerprint density at radius 3 is 2.71 bits per heavy atom. The molecule has 1 aromatic carbocycles. The Labute approximate surface area is 169 Å². The lowest BCUT2D eigenvalue weighted by Crippen LogP contribution is -2.54. The molecule has 0 radical (unpaired) electrons. The van der Waals surface area contributed by atoms with E-state index in [4.69, 9.17) is 16.9 Å². The molecular formula is C20H23ClN4O3. The van der Waals surface area contributed by atoms with Crippen LogP contribution in [-0.2, 0) is 9.59 Å². The van der Waals surface area contributed by atoms with Crippen LogP contribution in [0, 0.1) is 22.7 Å². The number of nitrogens with zero attached hydrogens (tertiary/aromatic N) is 2. The van der Waals surface area contributed by atoms with Crippen LogP contribution in [-0.4, -0.2) is 34.8 Å². The number of carbonyl (C=O) groups excluding carboxylic acids is 3. The zero-order valence-electron chi connectivity index (χ0n) is 16.1. The third kappa shape index (κ3) is 3.83. The van der Waals surface area contributed by atoms with Gasteiger partial charge in [-0.05, 0) is 48.8 Å². The summed E-state index contributed by atoms with van der Waals surface area (Å²) < 4.78 is 0. The molecule has 0 aromatic heterocycles. The summed E-state index contributed by atoms with van der Waals surface area (Å²) in [5.74, 6) is -0.558. The van der Waals surface area contributed by atoms with E-state index in [1.165, 1.54) is 12.1 Å². The number of nitrogens with one attached hydrogen (secondary N) is 2. The molecule has 1 saturated heterocycles. The second-order valence-electron chi connectivity index (χ2n) is 8.61. The van der Waals surface area contributed by atoms with Gasteiger partial charge >= 0.3 is 6.03 Å². The monoisotopic (exact) mass is 402 g/mol. The molecule has 8 heteroatoms. The predicted octanol–water partition coefficient (Wildman–Crippen LogP) is 3.29. The average Bonchev–Trinajstić information content (AvgIpc) is 2.76. The van der Waals surface area contributed by atoms with Crippen LogP contribution in [0.4, 0.5) is 10.5 Å². The van der Waals surface area contributed by atoms with Crippen molar-refractivity contribution in [3.8, 4) is 6.07 Å². The maximum Gasteiger partial charge on any atom is 0.325 e. The summed E-state index contributed by atoms with van der Waals surface area (Å²) in [6.45, 7) is 5.88. The standard InChI is InChI=1S/C20H23ClN4O3/c1-12-7-19(2,3)11-20(8-12)17(27)25(18(28)24-20)10-16(26)23-14-5-4-13(9-22)15(21)6-14/h4-6,12H,7-8,10-11H2,1-3H3,(H,23,26)(H,24,28)/t12-,20-/m0/s1. The minimum atomic E-state index is -0.934. The minimum absolute atomic E-state index is 0.0713. The lowest BCUT2D eigenvalue weighted by molar-refractivity contribution is -0.136. The maximum atomic E-state index is 13.1. The topological polar surface area (TPSA) is 102 Å². The molecule has 1 aliphatic carbocycles. The number of imide groups is 1. The molecule has 4 amide bonds. The van der Waals surface area contributed by atoms with Crippen molar-refractivity contribution in [3.05, 3.63) is 28.8 Å². The number of carbonyl (C=O) groups is 3. The maximum absolute atomic E-state index is 13.1. The van der Waals surface area contributed by atoms with Gasteiger partial charge in [0.25, 0.3) is 5.91 Å². The summed E-state index contributed by atoms with van der Waals surface area (Å²) in [5, 5.41) is 14.6. The quantitative estimate of drug-likeness (QED) is 0.757. The SMILES string of the molecule is C[C@H]1CC(C)(C)C[C@]2(C1)NC(=O)N(CC(=O)Nc1ccc(C#N)c(Cl)c1)C2=O. The smallest absolute Gasteiger partial charge is 0.324 e. The fraction of sp³-hybridized carbons (Fsp3) is 0.500. The molecule has 2 aliphatic rings. The molecule has 1 saturated carbocycles. The van der Waals surface area contributed by atoms with Crippen molar-refractivity contribution in [2.45, 2.75) is 45.6 Å². The fourth-order valence-corrected chi connectivity index (χ4v) is 4.90. The summed E-state index contributed by atoms with van der Waals surface area (Å²) in [4.78, 5) is 38.9. The van der Waals surface area contributed by atoms with Gasteiger partial charge in [0.1, 0.15) is 18.2 Å². The zero-order valence-corrected chi connectivity index (χ0v) is 16.9. The normalized spacial score (nSPS) is 26.1. The van der Waals surface area contributed by atoms with Crippen molar-refractivity contribution in [1.82, 2.24) is 10.2 Å². The molecule has 0 unspecified atom stereocenters. The van der Waals surface area contributed by atoms with E-state index in [1.54, 1.807) is 6.07 Å². The third-order valence-electron chi connectivity index (χ3n) is 5.30. The second kappa shape index (κ2) is 7.10. The van der Waals surface area contributed by atoms with Crippen molar-refractivity contribution >= 4 is 35.1 Å². The van der Waals surface area contributed by atoms with Crippen LogP contribution in [0.25, 0.3) is 0 Å². The van der Waals surface area contributed by atoms with E-state index in [2.05, 4.69) is 31.4 Å². The molecule has 2 atom stereocenters. The number of hydrogen-bond donors (Lipinski definition) is 2. The average molecular weight is 403 g/mol. The molecule has 2 N–H and O–H groups in total. The molecule has 0 bridgehead atoms. The molecule has 1 aromatic rings. The Morgan fingerprint density at radius 2 is 2.11 bits per heavy atom. The highest BCUT2D eigenvalue weighted by atomic mass is 35.5. The van der Waals surface area contributed by atoms with Crippen LogP contribution >= 0.6 is 11.6 Å². The molecule has 1 heterocycles. The van der Waals surface area contributed by atoms with Gasteiger partial charge in [-0.2, -0.15) is 5.26 Å². The van der Waals surface area contributed by atoms with Gasteiger partial charge < -0.3 is 10.6 Å². The lowest BCUT2D eigenvalue weighted by Gasteiger charge is -2.43. The van der Waals surface area contributed by atoms with Crippen LogP contribution < -0.4 is 10.6 Å². The number of urea groups is 1. The summed E-state index contributed by atoms with van der Waals surface area (Å²) in [6.07, 6.45) is 2.11. The van der Waals surface area contributed by atoms with Crippen LogP contribution in [0.15, 0.2) is 18.2 Å². The largest absolute Gasteiger partial charge is 0.325 e. The van der Waals surface area contributed by atoms with Gasteiger partial charge in [-0.3, -0.25) is 14.5 Å². The first-order valence-electron chi connectivity index (χ1n) is 9.19. The number of halogens is 1. The van der Waals surface area contributed by atoms with Crippen molar-refractivity contribution in [3.63, 3.8) is 0 Å². The molecular weight excluding hydrogens is 380 g/mol. The molecule has 3 rings (SSSR count). The van der Waals surface area contributed by atoms with E-state index < -0.39 is 17.5 Å². The van der Waals surface area contributed by atoms with Gasteiger partial charge in [0.2, 0.25) is 5.91 Å². The first-order valence-corrected chi connectivity index (χ1v) is 9.57. The molecule has 1 spiro atoms. The molecule has 2 fully saturated rings. The summed E-state index contributed by atoms with van der Waals surface area (Å²) in [5.41, 5.74) is -0.318. The Bertz CT molecular complexity index is 892. The highest BCUT2D eigenvalue weighted by molar-refractivity contribution is 6.32. The number of hydrogen-bond acceptors (Lipinski definition) is 4. The van der Waals surface area contributed by atoms with Crippen molar-refractivity contribution in [2.24, 2.45) is 11.3 Å². The number of amides is 4. The Morgan fingerprint density at radius 1 is 1.39 bits per heavy atom. The number of benzene rings is 1. The van der Waals surface area contributed by atoms with E-state index in [-0.39, 0.29) is 22.9 Å². The Balaban J connectivity index is 1.71. The van der Waals surface area contributed by atoms with Crippen molar-refractivity contribution in [2.75, 3.05) is 11.9 Å². The second-order valence-corrected chi connectivity index (χ2v) is 9.02. The first kappa shape index (κ1) is 20.2. The highest BCUT2D eigenvalue weighted by Gasteiger charge is 2.56. The molecule has 1 aliphatic heterocycles. The van der Waals surface area contributed by atoms with Crippen LogP contribution in [0.2, 0.25) is 5.02 Å². The number of nitriles is 1. The van der Waals surface area contributed by atoms with Crippen LogP contribution in [0.3, 0.4) is 0 Å². The zero-order chi connectivity index (χ0) is 20.7. The Kier molecular flexibility index (Phi) is 5.11. The van der Waals surface area contributed by atoms with Gasteiger partial charge in [0, 0.05) is 5.69 Å². The van der Waals surface area contributed by atoms with Gasteiger partial charge in [0.05, 0.1) is 10.6 Å². The van der Waals surface area contributed by atoms with Crippen molar-refractivity contribution in [1.29, 1.82) is 5.26 Å². The van der Waals surface area contributed by atoms with Crippen LogP contribution in [0.5, 0.6) is 0 Å². The summed E-state index contributed by atoms with van der Waals surface area (Å²) >= 11 is 5.96. The highest BCUT2D eigenvalue weighted by Crippen LogP contribution is 2.46. The molecule has 7 nitrogen and oxygen atoms in total. The summed E-state index contributed by atoms with van der Waals surface area (Å²) in [6, 6.07) is 5.89. The van der Waals surface area contributed by atoms with Gasteiger partial charge in [0.15, 0.2) is 0 Å². The van der Waals surface area contributed by atoms with Gasteiger partial charge in [-0.15, -0.1) is 0 Å².